The molecule has 0 bridgehead atoms. The number of nitrogens with two attached hydrogens (primary N) is 1. The monoisotopic (exact) mass is 408 g/mol. The van der Waals surface area contributed by atoms with Gasteiger partial charge < -0.3 is 21.3 Å². The fraction of sp³-hybridized carbons (Fsp3) is 0.273. The number of primary amides is 1. The van der Waals surface area contributed by atoms with Crippen molar-refractivity contribution in [2.24, 2.45) is 5.73 Å². The number of anilines is 2. The number of hydrogen-bond donors (Lipinski definition) is 3. The van der Waals surface area contributed by atoms with Gasteiger partial charge in [0.25, 0.3) is 11.8 Å². The van der Waals surface area contributed by atoms with Gasteiger partial charge in [0, 0.05) is 37.2 Å². The SMILES string of the molecule is CCC(=O)N1CCc2cc(C(=O)Nc3ccccc3C(=O)NCCC(N)=O)ccc21. The quantitative estimate of drug-likeness (QED) is 0.647. The van der Waals surface area contributed by atoms with Gasteiger partial charge in [0.1, 0.15) is 0 Å². The van der Waals surface area contributed by atoms with E-state index in [4.69, 9.17) is 5.73 Å². The van der Waals surface area contributed by atoms with Crippen LogP contribution in [-0.2, 0) is 16.0 Å². The van der Waals surface area contributed by atoms with Crippen LogP contribution in [0.5, 0.6) is 0 Å². The van der Waals surface area contributed by atoms with Gasteiger partial charge in [-0.25, -0.2) is 0 Å². The lowest BCUT2D eigenvalue weighted by Crippen LogP contribution is -2.29. The lowest BCUT2D eigenvalue weighted by atomic mass is 10.1. The van der Waals surface area contributed by atoms with Gasteiger partial charge in [-0.2, -0.15) is 0 Å². The molecule has 1 aliphatic heterocycles. The van der Waals surface area contributed by atoms with Crippen molar-refractivity contribution >= 4 is 35.0 Å². The summed E-state index contributed by atoms with van der Waals surface area (Å²) >= 11 is 0. The molecule has 8 nitrogen and oxygen atoms in total. The Morgan fingerprint density at radius 3 is 2.57 bits per heavy atom. The molecule has 4 N–H and O–H groups in total. The fourth-order valence-electron chi connectivity index (χ4n) is 3.37. The summed E-state index contributed by atoms with van der Waals surface area (Å²) in [5.41, 5.74) is 7.97. The molecule has 0 fully saturated rings. The van der Waals surface area contributed by atoms with E-state index in [-0.39, 0.29) is 30.3 Å². The van der Waals surface area contributed by atoms with Gasteiger partial charge >= 0.3 is 0 Å². The average molecular weight is 408 g/mol. The van der Waals surface area contributed by atoms with Crippen LogP contribution >= 0.6 is 0 Å². The molecule has 0 atom stereocenters. The summed E-state index contributed by atoms with van der Waals surface area (Å²) in [6.07, 6.45) is 1.16. The van der Waals surface area contributed by atoms with Crippen molar-refractivity contribution in [3.8, 4) is 0 Å². The molecule has 0 aromatic heterocycles. The zero-order valence-electron chi connectivity index (χ0n) is 16.7. The molecule has 30 heavy (non-hydrogen) atoms. The third-order valence-corrected chi connectivity index (χ3v) is 4.92. The van der Waals surface area contributed by atoms with Crippen molar-refractivity contribution in [1.82, 2.24) is 5.32 Å². The van der Waals surface area contributed by atoms with Crippen LogP contribution in [0.3, 0.4) is 0 Å². The topological polar surface area (TPSA) is 122 Å². The molecule has 0 saturated heterocycles. The minimum absolute atomic E-state index is 0.0347. The zero-order chi connectivity index (χ0) is 21.7. The Balaban J connectivity index is 1.74. The number of benzene rings is 2. The van der Waals surface area contributed by atoms with Gasteiger partial charge in [-0.3, -0.25) is 19.2 Å². The summed E-state index contributed by atoms with van der Waals surface area (Å²) in [5.74, 6) is -1.21. The van der Waals surface area contributed by atoms with E-state index in [1.807, 2.05) is 6.92 Å². The molecule has 2 aromatic rings. The highest BCUT2D eigenvalue weighted by Crippen LogP contribution is 2.29. The van der Waals surface area contributed by atoms with Crippen LogP contribution in [0.2, 0.25) is 0 Å². The first-order valence-corrected chi connectivity index (χ1v) is 9.81. The third-order valence-electron chi connectivity index (χ3n) is 4.92. The standard InChI is InChI=1S/C22H24N4O4/c1-2-20(28)26-12-10-14-13-15(7-8-18(14)26)21(29)25-17-6-4-3-5-16(17)22(30)24-11-9-19(23)27/h3-8,13H,2,9-12H2,1H3,(H2,23,27)(H,24,30)(H,25,29). The Kier molecular flexibility index (Phi) is 6.46. The van der Waals surface area contributed by atoms with E-state index in [9.17, 15) is 19.2 Å². The predicted molar refractivity (Wildman–Crippen MR) is 113 cm³/mol. The van der Waals surface area contributed by atoms with Crippen molar-refractivity contribution in [3.05, 3.63) is 59.2 Å². The van der Waals surface area contributed by atoms with Gasteiger partial charge in [0.2, 0.25) is 11.8 Å². The van der Waals surface area contributed by atoms with E-state index < -0.39 is 11.8 Å². The minimum Gasteiger partial charge on any atom is -0.370 e. The Labute approximate surface area is 174 Å². The molecule has 4 amide bonds. The number of amides is 4. The summed E-state index contributed by atoms with van der Waals surface area (Å²) < 4.78 is 0. The highest BCUT2D eigenvalue weighted by Gasteiger charge is 2.24. The molecule has 2 aromatic carbocycles. The van der Waals surface area contributed by atoms with Crippen molar-refractivity contribution in [2.75, 3.05) is 23.3 Å². The van der Waals surface area contributed by atoms with Crippen molar-refractivity contribution in [3.63, 3.8) is 0 Å². The maximum absolute atomic E-state index is 12.8. The van der Waals surface area contributed by atoms with Crippen LogP contribution in [0.15, 0.2) is 42.5 Å². The summed E-state index contributed by atoms with van der Waals surface area (Å²) in [7, 11) is 0. The van der Waals surface area contributed by atoms with E-state index in [1.165, 1.54) is 0 Å². The number of fused-ring (bicyclic) bond motifs is 1. The summed E-state index contributed by atoms with van der Waals surface area (Å²) in [6.45, 7) is 2.55. The first kappa shape index (κ1) is 21.0. The van der Waals surface area contributed by atoms with Crippen LogP contribution in [-0.4, -0.2) is 36.7 Å². The van der Waals surface area contributed by atoms with E-state index in [1.54, 1.807) is 47.4 Å². The van der Waals surface area contributed by atoms with E-state index in [2.05, 4.69) is 10.6 Å². The van der Waals surface area contributed by atoms with Crippen molar-refractivity contribution in [1.29, 1.82) is 0 Å². The normalized spacial score (nSPS) is 12.2. The van der Waals surface area contributed by atoms with Crippen molar-refractivity contribution in [2.45, 2.75) is 26.2 Å². The number of para-hydroxylation sites is 1. The van der Waals surface area contributed by atoms with Gasteiger partial charge in [0.15, 0.2) is 0 Å². The third kappa shape index (κ3) is 4.65. The van der Waals surface area contributed by atoms with E-state index in [0.717, 1.165) is 11.3 Å². The van der Waals surface area contributed by atoms with Crippen LogP contribution < -0.4 is 21.3 Å². The second kappa shape index (κ2) is 9.21. The van der Waals surface area contributed by atoms with E-state index in [0.29, 0.717) is 30.6 Å². The first-order valence-electron chi connectivity index (χ1n) is 9.81. The molecular weight excluding hydrogens is 384 g/mol. The van der Waals surface area contributed by atoms with Gasteiger partial charge in [0.05, 0.1) is 11.3 Å². The minimum atomic E-state index is -0.507. The van der Waals surface area contributed by atoms with Crippen LogP contribution in [0, 0.1) is 0 Å². The van der Waals surface area contributed by atoms with Crippen LogP contribution in [0.1, 0.15) is 46.0 Å². The number of hydrogen-bond acceptors (Lipinski definition) is 4. The number of nitrogens with one attached hydrogen (secondary N) is 2. The molecule has 1 heterocycles. The number of rotatable bonds is 7. The average Bonchev–Trinajstić information content (AvgIpc) is 3.16. The molecule has 8 heteroatoms. The highest BCUT2D eigenvalue weighted by atomic mass is 16.2. The lowest BCUT2D eigenvalue weighted by molar-refractivity contribution is -0.118. The second-order valence-electron chi connectivity index (χ2n) is 6.96. The maximum Gasteiger partial charge on any atom is 0.255 e. The predicted octanol–water partition coefficient (Wildman–Crippen LogP) is 1.84. The number of nitrogens with zero attached hydrogens (tertiary/aromatic N) is 1. The molecule has 0 aliphatic carbocycles. The molecule has 1 aliphatic rings. The number of carbonyl (C=O) groups is 4. The van der Waals surface area contributed by atoms with Crippen LogP contribution in [0.25, 0.3) is 0 Å². The Morgan fingerprint density at radius 1 is 1.07 bits per heavy atom. The van der Waals surface area contributed by atoms with Gasteiger partial charge in [-0.15, -0.1) is 0 Å². The second-order valence-corrected chi connectivity index (χ2v) is 6.96. The van der Waals surface area contributed by atoms with Gasteiger partial charge in [-0.05, 0) is 42.3 Å². The summed E-state index contributed by atoms with van der Waals surface area (Å²) in [4.78, 5) is 49.8. The number of carbonyl (C=O) groups excluding carboxylic acids is 4. The maximum atomic E-state index is 12.8. The largest absolute Gasteiger partial charge is 0.370 e. The lowest BCUT2D eigenvalue weighted by Gasteiger charge is -2.16. The Morgan fingerprint density at radius 2 is 1.83 bits per heavy atom. The fourth-order valence-corrected chi connectivity index (χ4v) is 3.37. The van der Waals surface area contributed by atoms with E-state index >= 15 is 0 Å². The molecule has 0 radical (unpaired) electrons. The molecule has 0 unspecified atom stereocenters. The van der Waals surface area contributed by atoms with Gasteiger partial charge in [-0.1, -0.05) is 19.1 Å². The molecule has 0 spiro atoms. The smallest absolute Gasteiger partial charge is 0.255 e. The summed E-state index contributed by atoms with van der Waals surface area (Å²) in [6, 6.07) is 11.9. The highest BCUT2D eigenvalue weighted by molar-refractivity contribution is 6.09. The molecular formula is C22H24N4O4. The van der Waals surface area contributed by atoms with Crippen molar-refractivity contribution < 1.29 is 19.2 Å². The Hall–Kier alpha value is -3.68. The van der Waals surface area contributed by atoms with Crippen LogP contribution in [0.4, 0.5) is 11.4 Å². The Bertz CT molecular complexity index is 1000. The summed E-state index contributed by atoms with van der Waals surface area (Å²) in [5, 5.41) is 5.38. The molecule has 3 rings (SSSR count). The molecule has 0 saturated carbocycles. The molecule has 156 valence electrons. The first-order chi connectivity index (χ1) is 14.4. The zero-order valence-corrected chi connectivity index (χ0v) is 16.7.